The van der Waals surface area contributed by atoms with E-state index in [-0.39, 0.29) is 6.10 Å². The van der Waals surface area contributed by atoms with Gasteiger partial charge in [0.25, 0.3) is 0 Å². The van der Waals surface area contributed by atoms with Crippen LogP contribution in [0.4, 0.5) is 26.3 Å². The monoisotopic (exact) mass is 544 g/mol. The van der Waals surface area contributed by atoms with Crippen LogP contribution in [0.2, 0.25) is 0 Å². The molecule has 0 spiro atoms. The van der Waals surface area contributed by atoms with E-state index in [4.69, 9.17) is 29.3 Å². The molecule has 0 aromatic carbocycles. The van der Waals surface area contributed by atoms with E-state index in [2.05, 4.69) is 16.0 Å². The summed E-state index contributed by atoms with van der Waals surface area (Å²) in [5.41, 5.74) is 1.29. The number of nitrogens with zero attached hydrogens (tertiary/aromatic N) is 2. The lowest BCUT2D eigenvalue weighted by Crippen LogP contribution is -2.51. The molecule has 3 aliphatic rings. The first-order valence-electron chi connectivity index (χ1n) is 11.8. The summed E-state index contributed by atoms with van der Waals surface area (Å²) in [5, 5.41) is 14.2. The molecular weight excluding hydrogens is 514 g/mol. The molecule has 2 N–H and O–H groups in total. The molecule has 1 aromatic heterocycles. The SMILES string of the molecule is O=C(O)C(F)(F)F.O=C(O)C(F)(F)F.c1cncc(CN2CCO[C@H]3[C@H](OCC4CCCC4)CC[C@@H]32)c1. The fourth-order valence-corrected chi connectivity index (χ4v) is 4.53. The Bertz CT molecular complexity index is 824. The Kier molecular flexibility index (Phi) is 11.6. The average molecular weight is 544 g/mol. The third kappa shape index (κ3) is 10.4. The summed E-state index contributed by atoms with van der Waals surface area (Å²) in [6, 6.07) is 4.70. The highest BCUT2D eigenvalue weighted by Gasteiger charge is 2.43. The van der Waals surface area contributed by atoms with E-state index in [0.717, 1.165) is 38.6 Å². The zero-order valence-electron chi connectivity index (χ0n) is 19.9. The van der Waals surface area contributed by atoms with Gasteiger partial charge in [0.1, 0.15) is 0 Å². The fraction of sp³-hybridized carbons (Fsp3) is 0.696. The van der Waals surface area contributed by atoms with Crippen molar-refractivity contribution in [3.05, 3.63) is 30.1 Å². The maximum Gasteiger partial charge on any atom is 0.490 e. The van der Waals surface area contributed by atoms with Gasteiger partial charge < -0.3 is 19.7 Å². The molecule has 37 heavy (non-hydrogen) atoms. The van der Waals surface area contributed by atoms with Gasteiger partial charge in [-0.3, -0.25) is 9.88 Å². The number of carboxylic acids is 2. The van der Waals surface area contributed by atoms with Crippen LogP contribution in [0.3, 0.4) is 0 Å². The molecule has 1 aromatic rings. The number of carboxylic acid groups (broad SMARTS) is 2. The van der Waals surface area contributed by atoms with Crippen LogP contribution in [-0.2, 0) is 25.6 Å². The Labute approximate surface area is 209 Å². The first kappa shape index (κ1) is 30.8. The first-order chi connectivity index (χ1) is 17.3. The number of alkyl halides is 6. The maximum absolute atomic E-state index is 10.6. The van der Waals surface area contributed by atoms with E-state index in [1.54, 1.807) is 0 Å². The highest BCUT2D eigenvalue weighted by atomic mass is 19.4. The minimum atomic E-state index is -5.08. The Morgan fingerprint density at radius 2 is 1.62 bits per heavy atom. The van der Waals surface area contributed by atoms with Gasteiger partial charge in [0.05, 0.1) is 18.8 Å². The van der Waals surface area contributed by atoms with Crippen molar-refractivity contribution in [2.45, 2.75) is 75.7 Å². The summed E-state index contributed by atoms with van der Waals surface area (Å²) in [6.45, 7) is 3.77. The second-order valence-corrected chi connectivity index (χ2v) is 8.94. The molecule has 2 saturated carbocycles. The summed E-state index contributed by atoms with van der Waals surface area (Å²) >= 11 is 0. The Morgan fingerprint density at radius 1 is 1.03 bits per heavy atom. The molecule has 8 nitrogen and oxygen atoms in total. The van der Waals surface area contributed by atoms with E-state index < -0.39 is 24.3 Å². The highest BCUT2D eigenvalue weighted by molar-refractivity contribution is 5.73. The smallest absolute Gasteiger partial charge is 0.475 e. The van der Waals surface area contributed by atoms with Gasteiger partial charge in [0.2, 0.25) is 0 Å². The van der Waals surface area contributed by atoms with Crippen LogP contribution in [0.25, 0.3) is 0 Å². The molecule has 1 aliphatic heterocycles. The van der Waals surface area contributed by atoms with Gasteiger partial charge in [-0.15, -0.1) is 0 Å². The third-order valence-corrected chi connectivity index (χ3v) is 6.26. The number of hydrogen-bond donors (Lipinski definition) is 2. The zero-order chi connectivity index (χ0) is 27.6. The standard InChI is InChI=1S/C19H28N2O2.2C2HF3O2/c1-2-5-15(4-1)14-23-18-8-7-17-19(18)22-11-10-21(17)13-16-6-3-9-20-12-16;2*3-2(4,5)1(6)7/h3,6,9,12,15,17-19H,1-2,4-5,7-8,10-11,13-14H2;2*(H,6,7)/t17-,18+,19+;;/m0../s1. The van der Waals surface area contributed by atoms with Crippen LogP contribution in [0.15, 0.2) is 24.5 Å². The average Bonchev–Trinajstić information content (AvgIpc) is 3.48. The highest BCUT2D eigenvalue weighted by Crippen LogP contribution is 2.34. The van der Waals surface area contributed by atoms with Crippen molar-refractivity contribution in [1.29, 1.82) is 0 Å². The number of aliphatic carboxylic acids is 2. The van der Waals surface area contributed by atoms with E-state index in [1.807, 2.05) is 18.5 Å². The molecule has 14 heteroatoms. The molecule has 0 unspecified atom stereocenters. The number of rotatable bonds is 5. The molecule has 0 radical (unpaired) electrons. The van der Waals surface area contributed by atoms with Crippen molar-refractivity contribution in [3.8, 4) is 0 Å². The number of halogens is 6. The lowest BCUT2D eigenvalue weighted by Gasteiger charge is -2.39. The fourth-order valence-electron chi connectivity index (χ4n) is 4.53. The zero-order valence-corrected chi connectivity index (χ0v) is 19.9. The van der Waals surface area contributed by atoms with Gasteiger partial charge in [0, 0.05) is 38.1 Å². The molecule has 4 rings (SSSR count). The predicted octanol–water partition coefficient (Wildman–Crippen LogP) is 4.29. The van der Waals surface area contributed by atoms with Gasteiger partial charge in [-0.25, -0.2) is 9.59 Å². The summed E-state index contributed by atoms with van der Waals surface area (Å²) in [5.74, 6) is -4.72. The molecule has 3 atom stereocenters. The van der Waals surface area contributed by atoms with E-state index in [1.165, 1.54) is 37.7 Å². The van der Waals surface area contributed by atoms with Crippen molar-refractivity contribution in [2.24, 2.45) is 5.92 Å². The largest absolute Gasteiger partial charge is 0.490 e. The topological polar surface area (TPSA) is 109 Å². The van der Waals surface area contributed by atoms with E-state index in [0.29, 0.717) is 12.1 Å². The number of morpholine rings is 1. The molecule has 0 amide bonds. The van der Waals surface area contributed by atoms with E-state index in [9.17, 15) is 26.3 Å². The molecule has 3 fully saturated rings. The van der Waals surface area contributed by atoms with Crippen molar-refractivity contribution in [1.82, 2.24) is 9.88 Å². The molecule has 1 saturated heterocycles. The summed E-state index contributed by atoms with van der Waals surface area (Å²) in [7, 11) is 0. The second-order valence-electron chi connectivity index (χ2n) is 8.94. The lowest BCUT2D eigenvalue weighted by atomic mass is 10.1. The minimum Gasteiger partial charge on any atom is -0.475 e. The number of fused-ring (bicyclic) bond motifs is 1. The normalized spacial score (nSPS) is 24.3. The molecule has 2 aliphatic carbocycles. The summed E-state index contributed by atoms with van der Waals surface area (Å²) in [6.07, 6.45) is 2.05. The van der Waals surface area contributed by atoms with Crippen LogP contribution in [-0.4, -0.2) is 82.4 Å². The van der Waals surface area contributed by atoms with Crippen LogP contribution in [0, 0.1) is 5.92 Å². The van der Waals surface area contributed by atoms with Crippen LogP contribution in [0.5, 0.6) is 0 Å². The molecule has 2 heterocycles. The maximum atomic E-state index is 10.6. The van der Waals surface area contributed by atoms with Gasteiger partial charge in [-0.05, 0) is 43.2 Å². The molecular formula is C23H30F6N2O6. The molecule has 0 bridgehead atoms. The number of pyridine rings is 1. The first-order valence-corrected chi connectivity index (χ1v) is 11.8. The number of aromatic nitrogens is 1. The van der Waals surface area contributed by atoms with Gasteiger partial charge in [-0.1, -0.05) is 18.9 Å². The predicted molar refractivity (Wildman–Crippen MR) is 116 cm³/mol. The third-order valence-electron chi connectivity index (χ3n) is 6.26. The number of ether oxygens (including phenoxy) is 2. The Hall–Kier alpha value is -2.45. The van der Waals surface area contributed by atoms with E-state index >= 15 is 0 Å². The summed E-state index contributed by atoms with van der Waals surface area (Å²) in [4.78, 5) is 24.6. The van der Waals surface area contributed by atoms with Gasteiger partial charge >= 0.3 is 24.3 Å². The Morgan fingerprint density at radius 3 is 2.14 bits per heavy atom. The van der Waals surface area contributed by atoms with Crippen LogP contribution < -0.4 is 0 Å². The van der Waals surface area contributed by atoms with Gasteiger partial charge in [-0.2, -0.15) is 26.3 Å². The van der Waals surface area contributed by atoms with Crippen LogP contribution in [0.1, 0.15) is 44.1 Å². The van der Waals surface area contributed by atoms with Crippen molar-refractivity contribution in [2.75, 3.05) is 19.8 Å². The minimum absolute atomic E-state index is 0.266. The summed E-state index contributed by atoms with van der Waals surface area (Å²) < 4.78 is 75.9. The number of carbonyl (C=O) groups is 2. The second kappa shape index (κ2) is 13.9. The molecule has 210 valence electrons. The van der Waals surface area contributed by atoms with Crippen molar-refractivity contribution < 1.29 is 55.6 Å². The van der Waals surface area contributed by atoms with Gasteiger partial charge in [0.15, 0.2) is 0 Å². The Balaban J connectivity index is 0.000000286. The van der Waals surface area contributed by atoms with Crippen LogP contribution >= 0.6 is 0 Å². The van der Waals surface area contributed by atoms with Crippen molar-refractivity contribution >= 4 is 11.9 Å². The number of hydrogen-bond acceptors (Lipinski definition) is 6. The quantitative estimate of drug-likeness (QED) is 0.529. The van der Waals surface area contributed by atoms with Crippen molar-refractivity contribution in [3.63, 3.8) is 0 Å². The lowest BCUT2D eigenvalue weighted by molar-refractivity contribution is -0.193.